The number of aromatic amines is 1. The highest BCUT2D eigenvalue weighted by molar-refractivity contribution is 5.72. The van der Waals surface area contributed by atoms with Crippen molar-refractivity contribution in [2.45, 2.75) is 26.7 Å². The molecular formula is C20H22N2O2. The van der Waals surface area contributed by atoms with Crippen molar-refractivity contribution in [2.75, 3.05) is 6.61 Å². The standard InChI is InChI=1S/C20H22N2O2/c1-3-4-11-24-16-8-6-15(7-9-16)18-13-19(22-21-18)17-12-14(2)5-10-20(17)23/h5-10,12-13,23H,3-4,11H2,1-2H3,(H,21,22). The smallest absolute Gasteiger partial charge is 0.124 e. The number of phenols is 1. The third kappa shape index (κ3) is 3.59. The van der Waals surface area contributed by atoms with Crippen molar-refractivity contribution >= 4 is 0 Å². The van der Waals surface area contributed by atoms with Crippen LogP contribution in [0.1, 0.15) is 25.3 Å². The number of aromatic hydroxyl groups is 1. The first-order valence-corrected chi connectivity index (χ1v) is 8.26. The molecule has 0 amide bonds. The van der Waals surface area contributed by atoms with Crippen molar-refractivity contribution in [3.05, 3.63) is 54.1 Å². The number of nitrogens with zero attached hydrogens (tertiary/aromatic N) is 1. The average Bonchev–Trinajstić information content (AvgIpc) is 3.08. The molecule has 1 aromatic heterocycles. The lowest BCUT2D eigenvalue weighted by molar-refractivity contribution is 0.309. The number of hydrogen-bond acceptors (Lipinski definition) is 3. The minimum absolute atomic E-state index is 0.246. The first-order chi connectivity index (χ1) is 11.7. The van der Waals surface area contributed by atoms with E-state index in [4.69, 9.17) is 4.74 Å². The maximum Gasteiger partial charge on any atom is 0.124 e. The van der Waals surface area contributed by atoms with E-state index in [9.17, 15) is 5.11 Å². The minimum atomic E-state index is 0.246. The predicted molar refractivity (Wildman–Crippen MR) is 96.3 cm³/mol. The Hall–Kier alpha value is -2.75. The molecule has 24 heavy (non-hydrogen) atoms. The zero-order valence-corrected chi connectivity index (χ0v) is 14.0. The normalized spacial score (nSPS) is 10.8. The summed E-state index contributed by atoms with van der Waals surface area (Å²) in [5, 5.41) is 17.4. The van der Waals surface area contributed by atoms with Crippen LogP contribution in [-0.2, 0) is 0 Å². The van der Waals surface area contributed by atoms with Crippen LogP contribution in [-0.4, -0.2) is 21.9 Å². The molecule has 0 saturated heterocycles. The maximum absolute atomic E-state index is 10.0. The van der Waals surface area contributed by atoms with Crippen LogP contribution in [0.4, 0.5) is 0 Å². The second-order valence-corrected chi connectivity index (χ2v) is 5.91. The van der Waals surface area contributed by atoms with Gasteiger partial charge in [0, 0.05) is 11.1 Å². The molecule has 124 valence electrons. The third-order valence-electron chi connectivity index (χ3n) is 3.94. The summed E-state index contributed by atoms with van der Waals surface area (Å²) < 4.78 is 5.68. The van der Waals surface area contributed by atoms with Gasteiger partial charge in [-0.25, -0.2) is 0 Å². The van der Waals surface area contributed by atoms with E-state index in [1.165, 1.54) is 0 Å². The monoisotopic (exact) mass is 322 g/mol. The van der Waals surface area contributed by atoms with Crippen molar-refractivity contribution < 1.29 is 9.84 Å². The van der Waals surface area contributed by atoms with Crippen LogP contribution in [0.25, 0.3) is 22.5 Å². The SMILES string of the molecule is CCCCOc1ccc(-c2cc(-c3cc(C)ccc3O)[nH]n2)cc1. The van der Waals surface area contributed by atoms with Crippen molar-refractivity contribution in [1.29, 1.82) is 0 Å². The highest BCUT2D eigenvalue weighted by atomic mass is 16.5. The van der Waals surface area contributed by atoms with Crippen LogP contribution in [0.2, 0.25) is 0 Å². The van der Waals surface area contributed by atoms with Gasteiger partial charge in [0.2, 0.25) is 0 Å². The highest BCUT2D eigenvalue weighted by Gasteiger charge is 2.10. The quantitative estimate of drug-likeness (QED) is 0.632. The molecule has 0 saturated carbocycles. The van der Waals surface area contributed by atoms with Gasteiger partial charge in [0.25, 0.3) is 0 Å². The summed E-state index contributed by atoms with van der Waals surface area (Å²) in [6.07, 6.45) is 2.18. The van der Waals surface area contributed by atoms with Crippen LogP contribution < -0.4 is 4.74 Å². The van der Waals surface area contributed by atoms with Crippen molar-refractivity contribution in [3.63, 3.8) is 0 Å². The number of nitrogens with one attached hydrogen (secondary N) is 1. The molecular weight excluding hydrogens is 300 g/mol. The van der Waals surface area contributed by atoms with Gasteiger partial charge in [-0.2, -0.15) is 5.10 Å². The molecule has 0 bridgehead atoms. The van der Waals surface area contributed by atoms with Gasteiger partial charge in [0.15, 0.2) is 0 Å². The van der Waals surface area contributed by atoms with Crippen molar-refractivity contribution in [3.8, 4) is 34.0 Å². The zero-order valence-electron chi connectivity index (χ0n) is 14.0. The number of aromatic nitrogens is 2. The molecule has 0 unspecified atom stereocenters. The van der Waals surface area contributed by atoms with Gasteiger partial charge in [-0.15, -0.1) is 0 Å². The lowest BCUT2D eigenvalue weighted by Crippen LogP contribution is -1.95. The lowest BCUT2D eigenvalue weighted by Gasteiger charge is -2.05. The Labute approximate surface area is 142 Å². The van der Waals surface area contributed by atoms with Crippen molar-refractivity contribution in [1.82, 2.24) is 10.2 Å². The Morgan fingerprint density at radius 3 is 2.62 bits per heavy atom. The first kappa shape index (κ1) is 16.1. The van der Waals surface area contributed by atoms with Gasteiger partial charge in [0.05, 0.1) is 18.0 Å². The number of phenolic OH excluding ortho intramolecular Hbond substituents is 1. The summed E-state index contributed by atoms with van der Waals surface area (Å²) in [6, 6.07) is 15.4. The van der Waals surface area contributed by atoms with E-state index >= 15 is 0 Å². The van der Waals surface area contributed by atoms with Gasteiger partial charge in [-0.3, -0.25) is 5.10 Å². The first-order valence-electron chi connectivity index (χ1n) is 8.26. The largest absolute Gasteiger partial charge is 0.507 e. The lowest BCUT2D eigenvalue weighted by atomic mass is 10.1. The van der Waals surface area contributed by atoms with E-state index < -0.39 is 0 Å². The summed E-state index contributed by atoms with van der Waals surface area (Å²) in [5.74, 6) is 1.12. The summed E-state index contributed by atoms with van der Waals surface area (Å²) >= 11 is 0. The molecule has 0 aliphatic heterocycles. The molecule has 1 heterocycles. The maximum atomic E-state index is 10.0. The minimum Gasteiger partial charge on any atom is -0.507 e. The molecule has 4 nitrogen and oxygen atoms in total. The highest BCUT2D eigenvalue weighted by Crippen LogP contribution is 2.31. The number of rotatable bonds is 6. The fourth-order valence-electron chi connectivity index (χ4n) is 2.53. The fourth-order valence-corrected chi connectivity index (χ4v) is 2.53. The number of benzene rings is 2. The number of unbranched alkanes of at least 4 members (excludes halogenated alkanes) is 1. The molecule has 3 aromatic rings. The van der Waals surface area contributed by atoms with Crippen LogP contribution in [0.3, 0.4) is 0 Å². The Bertz CT molecular complexity index is 807. The number of ether oxygens (including phenoxy) is 1. The van der Waals surface area contributed by atoms with Gasteiger partial charge in [-0.1, -0.05) is 25.0 Å². The number of hydrogen-bond donors (Lipinski definition) is 2. The summed E-state index contributed by atoms with van der Waals surface area (Å²) in [5.41, 5.74) is 4.49. The second kappa shape index (κ2) is 7.21. The molecule has 0 spiro atoms. The zero-order chi connectivity index (χ0) is 16.9. The van der Waals surface area contributed by atoms with Crippen LogP contribution in [0, 0.1) is 6.92 Å². The topological polar surface area (TPSA) is 58.1 Å². The molecule has 3 rings (SSSR count). The number of H-pyrrole nitrogens is 1. The van der Waals surface area contributed by atoms with Gasteiger partial charge < -0.3 is 9.84 Å². The average molecular weight is 322 g/mol. The Morgan fingerprint density at radius 2 is 1.88 bits per heavy atom. The van der Waals surface area contributed by atoms with E-state index in [1.54, 1.807) is 6.07 Å². The van der Waals surface area contributed by atoms with Crippen LogP contribution in [0.15, 0.2) is 48.5 Å². The molecule has 4 heteroatoms. The molecule has 0 fully saturated rings. The Morgan fingerprint density at radius 1 is 1.08 bits per heavy atom. The van der Waals surface area contributed by atoms with E-state index in [2.05, 4.69) is 17.1 Å². The molecule has 2 aromatic carbocycles. The van der Waals surface area contributed by atoms with Crippen LogP contribution in [0.5, 0.6) is 11.5 Å². The Kier molecular flexibility index (Phi) is 4.85. The summed E-state index contributed by atoms with van der Waals surface area (Å²) in [6.45, 7) is 4.89. The third-order valence-corrected chi connectivity index (χ3v) is 3.94. The molecule has 2 N–H and O–H groups in total. The molecule has 0 radical (unpaired) electrons. The second-order valence-electron chi connectivity index (χ2n) is 5.91. The Balaban J connectivity index is 1.79. The van der Waals surface area contributed by atoms with E-state index in [0.717, 1.165) is 53.3 Å². The van der Waals surface area contributed by atoms with E-state index in [-0.39, 0.29) is 5.75 Å². The molecule has 0 atom stereocenters. The summed E-state index contributed by atoms with van der Waals surface area (Å²) in [4.78, 5) is 0. The van der Waals surface area contributed by atoms with E-state index in [0.29, 0.717) is 0 Å². The van der Waals surface area contributed by atoms with E-state index in [1.807, 2.05) is 49.4 Å². The molecule has 0 aliphatic rings. The number of aryl methyl sites for hydroxylation is 1. The predicted octanol–water partition coefficient (Wildman–Crippen LogP) is 4.94. The fraction of sp³-hybridized carbons (Fsp3) is 0.250. The summed E-state index contributed by atoms with van der Waals surface area (Å²) in [7, 11) is 0. The van der Waals surface area contributed by atoms with Gasteiger partial charge in [0.1, 0.15) is 11.5 Å². The van der Waals surface area contributed by atoms with Crippen molar-refractivity contribution in [2.24, 2.45) is 0 Å². The van der Waals surface area contributed by atoms with Gasteiger partial charge in [-0.05, 0) is 55.8 Å². The van der Waals surface area contributed by atoms with Crippen LogP contribution >= 0.6 is 0 Å². The molecule has 0 aliphatic carbocycles. The van der Waals surface area contributed by atoms with Gasteiger partial charge >= 0.3 is 0 Å².